The SMILES string of the molecule is COc1ccc(NS(=O)(=O)c2ccc(C=Cc3onc(C)c3NC(C)=O)s2)cc1. The van der Waals surface area contributed by atoms with Crippen molar-refractivity contribution in [3.05, 3.63) is 52.7 Å². The minimum absolute atomic E-state index is 0.170. The molecule has 0 saturated carbocycles. The van der Waals surface area contributed by atoms with Gasteiger partial charge in [-0.1, -0.05) is 5.16 Å². The molecular weight excluding hydrogens is 414 g/mol. The van der Waals surface area contributed by atoms with Gasteiger partial charge in [-0.25, -0.2) is 8.42 Å². The van der Waals surface area contributed by atoms with E-state index < -0.39 is 10.0 Å². The van der Waals surface area contributed by atoms with E-state index in [2.05, 4.69) is 15.2 Å². The second kappa shape index (κ2) is 8.50. The van der Waals surface area contributed by atoms with Gasteiger partial charge in [0.25, 0.3) is 10.0 Å². The van der Waals surface area contributed by atoms with Crippen LogP contribution < -0.4 is 14.8 Å². The molecule has 0 unspecified atom stereocenters. The number of ether oxygens (including phenoxy) is 1. The van der Waals surface area contributed by atoms with Crippen molar-refractivity contribution in [3.63, 3.8) is 0 Å². The fraction of sp³-hybridized carbons (Fsp3) is 0.158. The van der Waals surface area contributed by atoms with E-state index in [9.17, 15) is 13.2 Å². The van der Waals surface area contributed by atoms with Crippen LogP contribution in [0.5, 0.6) is 5.75 Å². The third-order valence-electron chi connectivity index (χ3n) is 3.80. The first-order valence-electron chi connectivity index (χ1n) is 8.47. The van der Waals surface area contributed by atoms with Gasteiger partial charge in [0.2, 0.25) is 5.91 Å². The Hall–Kier alpha value is -3.11. The van der Waals surface area contributed by atoms with Crippen molar-refractivity contribution in [2.75, 3.05) is 17.1 Å². The van der Waals surface area contributed by atoms with Crippen molar-refractivity contribution in [2.24, 2.45) is 0 Å². The lowest BCUT2D eigenvalue weighted by Gasteiger charge is -2.06. The molecule has 0 atom stereocenters. The number of thiophene rings is 1. The second-order valence-corrected chi connectivity index (χ2v) is 9.04. The van der Waals surface area contributed by atoms with Crippen LogP contribution in [0.4, 0.5) is 11.4 Å². The Morgan fingerprint density at radius 3 is 2.55 bits per heavy atom. The lowest BCUT2D eigenvalue weighted by molar-refractivity contribution is -0.114. The van der Waals surface area contributed by atoms with Gasteiger partial charge in [-0.15, -0.1) is 11.3 Å². The first kappa shape index (κ1) is 20.6. The highest BCUT2D eigenvalue weighted by Gasteiger charge is 2.17. The minimum Gasteiger partial charge on any atom is -0.497 e. The number of anilines is 2. The molecule has 0 aliphatic carbocycles. The van der Waals surface area contributed by atoms with Gasteiger partial charge in [0, 0.05) is 17.5 Å². The Morgan fingerprint density at radius 1 is 1.17 bits per heavy atom. The van der Waals surface area contributed by atoms with Gasteiger partial charge in [0.05, 0.1) is 7.11 Å². The van der Waals surface area contributed by atoms with Crippen LogP contribution in [0.25, 0.3) is 12.2 Å². The number of methoxy groups -OCH3 is 1. The number of hydrogen-bond acceptors (Lipinski definition) is 7. The first-order chi connectivity index (χ1) is 13.8. The summed E-state index contributed by atoms with van der Waals surface area (Å²) < 4.78 is 38.2. The number of hydrogen-bond donors (Lipinski definition) is 2. The van der Waals surface area contributed by atoms with E-state index >= 15 is 0 Å². The largest absolute Gasteiger partial charge is 0.497 e. The van der Waals surface area contributed by atoms with Crippen molar-refractivity contribution in [1.82, 2.24) is 5.16 Å². The highest BCUT2D eigenvalue weighted by molar-refractivity contribution is 7.94. The van der Waals surface area contributed by atoms with Gasteiger partial charge in [-0.3, -0.25) is 9.52 Å². The highest BCUT2D eigenvalue weighted by atomic mass is 32.2. The summed E-state index contributed by atoms with van der Waals surface area (Å²) in [5, 5.41) is 6.50. The number of benzene rings is 1. The van der Waals surface area contributed by atoms with Crippen LogP contribution in [0.15, 0.2) is 45.1 Å². The first-order valence-corrected chi connectivity index (χ1v) is 10.8. The normalized spacial score (nSPS) is 11.6. The molecule has 2 heterocycles. The molecule has 0 saturated heterocycles. The predicted octanol–water partition coefficient (Wildman–Crippen LogP) is 3.98. The summed E-state index contributed by atoms with van der Waals surface area (Å²) in [6.45, 7) is 3.11. The number of rotatable bonds is 7. The Bertz CT molecular complexity index is 1140. The molecule has 10 heteroatoms. The van der Waals surface area contributed by atoms with E-state index in [4.69, 9.17) is 9.26 Å². The van der Waals surface area contributed by atoms with Crippen LogP contribution in [0.2, 0.25) is 0 Å². The molecule has 0 bridgehead atoms. The summed E-state index contributed by atoms with van der Waals surface area (Å²) in [6.07, 6.45) is 3.33. The van der Waals surface area contributed by atoms with Crippen molar-refractivity contribution in [3.8, 4) is 5.75 Å². The zero-order chi connectivity index (χ0) is 21.0. The third-order valence-corrected chi connectivity index (χ3v) is 6.72. The van der Waals surface area contributed by atoms with Crippen molar-refractivity contribution in [2.45, 2.75) is 18.1 Å². The quantitative estimate of drug-likeness (QED) is 0.583. The molecule has 0 aliphatic rings. The highest BCUT2D eigenvalue weighted by Crippen LogP contribution is 2.28. The van der Waals surface area contributed by atoms with Crippen LogP contribution in [-0.4, -0.2) is 26.6 Å². The molecule has 0 aliphatic heterocycles. The van der Waals surface area contributed by atoms with Gasteiger partial charge in [-0.05, 0) is 55.5 Å². The molecule has 3 rings (SSSR count). The van der Waals surface area contributed by atoms with Crippen molar-refractivity contribution < 1.29 is 22.5 Å². The number of nitrogens with one attached hydrogen (secondary N) is 2. The van der Waals surface area contributed by atoms with Crippen LogP contribution in [0.3, 0.4) is 0 Å². The molecule has 8 nitrogen and oxygen atoms in total. The van der Waals surface area contributed by atoms with E-state index in [-0.39, 0.29) is 10.1 Å². The Kier molecular flexibility index (Phi) is 6.04. The topological polar surface area (TPSA) is 111 Å². The van der Waals surface area contributed by atoms with Crippen LogP contribution in [0, 0.1) is 6.92 Å². The van der Waals surface area contributed by atoms with E-state index in [0.29, 0.717) is 33.5 Å². The average Bonchev–Trinajstić information content (AvgIpc) is 3.28. The van der Waals surface area contributed by atoms with Crippen molar-refractivity contribution in [1.29, 1.82) is 0 Å². The fourth-order valence-corrected chi connectivity index (χ4v) is 4.71. The lowest BCUT2D eigenvalue weighted by Crippen LogP contribution is -2.11. The van der Waals surface area contributed by atoms with Gasteiger partial charge in [0.1, 0.15) is 21.3 Å². The van der Waals surface area contributed by atoms with Gasteiger partial charge in [0.15, 0.2) is 5.76 Å². The average molecular weight is 434 g/mol. The Morgan fingerprint density at radius 2 is 1.90 bits per heavy atom. The Balaban J connectivity index is 1.76. The molecule has 2 aromatic heterocycles. The molecule has 3 aromatic rings. The number of amides is 1. The molecule has 1 aromatic carbocycles. The van der Waals surface area contributed by atoms with Gasteiger partial charge < -0.3 is 14.6 Å². The summed E-state index contributed by atoms with van der Waals surface area (Å²) in [7, 11) is -2.17. The maximum Gasteiger partial charge on any atom is 0.271 e. The number of aromatic nitrogens is 1. The number of carbonyl (C=O) groups is 1. The molecule has 1 amide bonds. The summed E-state index contributed by atoms with van der Waals surface area (Å²) in [4.78, 5) is 12.0. The summed E-state index contributed by atoms with van der Waals surface area (Å²) in [6, 6.07) is 9.81. The maximum atomic E-state index is 12.6. The van der Waals surface area contributed by atoms with E-state index in [1.807, 2.05) is 0 Å². The number of sulfonamides is 1. The zero-order valence-corrected chi connectivity index (χ0v) is 17.6. The number of nitrogens with zero attached hydrogens (tertiary/aromatic N) is 1. The molecular formula is C19H19N3O5S2. The molecule has 0 radical (unpaired) electrons. The second-order valence-electron chi connectivity index (χ2n) is 6.01. The number of carbonyl (C=O) groups excluding carboxylic acids is 1. The van der Waals surface area contributed by atoms with E-state index in [1.54, 1.807) is 56.5 Å². The smallest absolute Gasteiger partial charge is 0.271 e. The van der Waals surface area contributed by atoms with Gasteiger partial charge in [-0.2, -0.15) is 0 Å². The summed E-state index contributed by atoms with van der Waals surface area (Å²) in [5.41, 5.74) is 1.48. The van der Waals surface area contributed by atoms with Crippen LogP contribution in [-0.2, 0) is 14.8 Å². The zero-order valence-electron chi connectivity index (χ0n) is 15.9. The standard InChI is InChI=1S/C19H19N3O5S2/c1-12-19(20-13(2)23)17(27-21-12)10-8-16-9-11-18(28-16)29(24,25)22-14-4-6-15(26-3)7-5-14/h4-11,22H,1-3H3,(H,20,23). The van der Waals surface area contributed by atoms with Crippen LogP contribution in [0.1, 0.15) is 23.3 Å². The molecule has 0 spiro atoms. The molecule has 0 fully saturated rings. The monoisotopic (exact) mass is 433 g/mol. The minimum atomic E-state index is -3.71. The predicted molar refractivity (Wildman–Crippen MR) is 113 cm³/mol. The summed E-state index contributed by atoms with van der Waals surface area (Å²) in [5.74, 6) is 0.782. The maximum absolute atomic E-state index is 12.6. The fourth-order valence-electron chi connectivity index (χ4n) is 2.42. The molecule has 2 N–H and O–H groups in total. The molecule has 29 heavy (non-hydrogen) atoms. The van der Waals surface area contributed by atoms with Gasteiger partial charge >= 0.3 is 0 Å². The summed E-state index contributed by atoms with van der Waals surface area (Å²) >= 11 is 1.10. The number of aryl methyl sites for hydroxylation is 1. The van der Waals surface area contributed by atoms with E-state index in [0.717, 1.165) is 11.3 Å². The lowest BCUT2D eigenvalue weighted by atomic mass is 10.2. The third kappa shape index (κ3) is 5.04. The van der Waals surface area contributed by atoms with Crippen LogP contribution >= 0.6 is 11.3 Å². The van der Waals surface area contributed by atoms with E-state index in [1.165, 1.54) is 13.0 Å². The van der Waals surface area contributed by atoms with Crippen molar-refractivity contribution >= 4 is 50.8 Å². The molecule has 152 valence electrons. The Labute approximate surface area is 172 Å².